The van der Waals surface area contributed by atoms with Gasteiger partial charge in [0, 0.05) is 5.39 Å². The first-order valence-corrected chi connectivity index (χ1v) is 8.82. The van der Waals surface area contributed by atoms with E-state index in [-0.39, 0.29) is 0 Å². The van der Waals surface area contributed by atoms with E-state index in [0.29, 0.717) is 12.5 Å². The number of nitrogens with one attached hydrogen (secondary N) is 1. The molecule has 0 fully saturated rings. The van der Waals surface area contributed by atoms with Crippen LogP contribution in [0, 0.1) is 5.92 Å². The highest BCUT2D eigenvalue weighted by molar-refractivity contribution is 5.88. The van der Waals surface area contributed by atoms with Gasteiger partial charge in [0.15, 0.2) is 17.6 Å². The molecule has 3 nitrogen and oxygen atoms in total. The summed E-state index contributed by atoms with van der Waals surface area (Å²) >= 11 is 0. The fourth-order valence-electron chi connectivity index (χ4n) is 3.34. The van der Waals surface area contributed by atoms with E-state index in [9.17, 15) is 0 Å². The van der Waals surface area contributed by atoms with E-state index < -0.39 is 0 Å². The first kappa shape index (κ1) is 15.7. The van der Waals surface area contributed by atoms with Crippen LogP contribution in [0.25, 0.3) is 21.8 Å². The van der Waals surface area contributed by atoms with E-state index in [0.717, 1.165) is 29.0 Å². The first-order valence-electron chi connectivity index (χ1n) is 8.82. The Kier molecular flexibility index (Phi) is 4.14. The van der Waals surface area contributed by atoms with Crippen molar-refractivity contribution in [3.63, 3.8) is 0 Å². The highest BCUT2D eigenvalue weighted by atomic mass is 16.5. The van der Waals surface area contributed by atoms with Gasteiger partial charge in [0.25, 0.3) is 5.82 Å². The molecule has 1 heterocycles. The minimum absolute atomic E-state index is 0.523. The van der Waals surface area contributed by atoms with Crippen LogP contribution in [0.4, 0.5) is 0 Å². The Morgan fingerprint density at radius 2 is 1.68 bits per heavy atom. The molecule has 0 aliphatic carbocycles. The van der Waals surface area contributed by atoms with E-state index in [1.54, 1.807) is 0 Å². The quantitative estimate of drug-likeness (QED) is 0.521. The fourth-order valence-corrected chi connectivity index (χ4v) is 3.34. The maximum absolute atomic E-state index is 6.21. The minimum atomic E-state index is 0.523. The summed E-state index contributed by atoms with van der Waals surface area (Å²) in [6.45, 7) is 5.97. The Morgan fingerprint density at radius 1 is 0.920 bits per heavy atom. The SMILES string of the molecule is CC(C)C[n+]1c(COc2cccc3ccccc23)[nH]c2ccccc21. The summed E-state index contributed by atoms with van der Waals surface area (Å²) < 4.78 is 8.54. The summed E-state index contributed by atoms with van der Waals surface area (Å²) in [4.78, 5) is 3.53. The van der Waals surface area contributed by atoms with Crippen LogP contribution in [-0.2, 0) is 13.2 Å². The maximum atomic E-state index is 6.21. The summed E-state index contributed by atoms with van der Waals surface area (Å²) in [5.74, 6) is 2.59. The van der Waals surface area contributed by atoms with Gasteiger partial charge >= 0.3 is 0 Å². The van der Waals surface area contributed by atoms with Crippen LogP contribution in [-0.4, -0.2) is 4.98 Å². The number of para-hydroxylation sites is 2. The lowest BCUT2D eigenvalue weighted by molar-refractivity contribution is -0.685. The van der Waals surface area contributed by atoms with Gasteiger partial charge in [-0.05, 0) is 29.5 Å². The summed E-state index contributed by atoms with van der Waals surface area (Å²) in [6, 6.07) is 23.0. The predicted octanol–water partition coefficient (Wildman–Crippen LogP) is 4.84. The third-order valence-electron chi connectivity index (χ3n) is 4.46. The Balaban J connectivity index is 1.68. The van der Waals surface area contributed by atoms with Gasteiger partial charge < -0.3 is 4.74 Å². The summed E-state index contributed by atoms with van der Waals surface area (Å²) in [5, 5.41) is 2.35. The van der Waals surface area contributed by atoms with E-state index in [1.807, 2.05) is 12.1 Å². The summed E-state index contributed by atoms with van der Waals surface area (Å²) in [6.07, 6.45) is 0. The number of benzene rings is 3. The molecule has 0 bridgehead atoms. The summed E-state index contributed by atoms with van der Waals surface area (Å²) in [7, 11) is 0. The average Bonchev–Trinajstić information content (AvgIpc) is 2.97. The second-order valence-corrected chi connectivity index (χ2v) is 6.86. The monoisotopic (exact) mass is 331 g/mol. The number of rotatable bonds is 5. The predicted molar refractivity (Wildman–Crippen MR) is 102 cm³/mol. The van der Waals surface area contributed by atoms with Crippen molar-refractivity contribution in [2.75, 3.05) is 0 Å². The molecule has 1 aromatic heterocycles. The normalized spacial score (nSPS) is 11.5. The van der Waals surface area contributed by atoms with Gasteiger partial charge in [-0.25, -0.2) is 9.55 Å². The number of H-pyrrole nitrogens is 1. The van der Waals surface area contributed by atoms with Gasteiger partial charge in [0.05, 0.1) is 6.54 Å². The van der Waals surface area contributed by atoms with E-state index in [2.05, 4.69) is 78.0 Å². The highest BCUT2D eigenvalue weighted by Crippen LogP contribution is 2.25. The molecule has 0 unspecified atom stereocenters. The third-order valence-corrected chi connectivity index (χ3v) is 4.46. The van der Waals surface area contributed by atoms with Crippen LogP contribution in [0.2, 0.25) is 0 Å². The molecule has 3 aromatic carbocycles. The number of hydrogen-bond acceptors (Lipinski definition) is 1. The lowest BCUT2D eigenvalue weighted by atomic mass is 10.1. The number of aromatic amines is 1. The van der Waals surface area contributed by atoms with Gasteiger partial charge in [-0.2, -0.15) is 0 Å². The standard InChI is InChI=1S/C22H22N2O/c1-16(2)14-24-20-12-6-5-11-19(20)23-22(24)15-25-21-13-7-9-17-8-3-4-10-18(17)21/h3-13,16H,14-15H2,1-2H3/p+1. The van der Waals surface area contributed by atoms with E-state index in [4.69, 9.17) is 4.74 Å². The molecule has 0 spiro atoms. The third kappa shape index (κ3) is 3.10. The number of hydrogen-bond donors (Lipinski definition) is 1. The van der Waals surface area contributed by atoms with Crippen molar-refractivity contribution in [1.29, 1.82) is 0 Å². The Hall–Kier alpha value is -2.81. The Bertz CT molecular complexity index is 1010. The van der Waals surface area contributed by atoms with Gasteiger partial charge in [0.1, 0.15) is 5.75 Å². The van der Waals surface area contributed by atoms with Crippen molar-refractivity contribution >= 4 is 21.8 Å². The molecule has 0 saturated carbocycles. The number of nitrogens with zero attached hydrogens (tertiary/aromatic N) is 1. The summed E-state index contributed by atoms with van der Waals surface area (Å²) in [5.41, 5.74) is 2.38. The van der Waals surface area contributed by atoms with Crippen LogP contribution in [0.3, 0.4) is 0 Å². The van der Waals surface area contributed by atoms with Crippen LogP contribution in [0.5, 0.6) is 5.75 Å². The zero-order valence-corrected chi connectivity index (χ0v) is 14.7. The molecule has 0 aliphatic heterocycles. The fraction of sp³-hybridized carbons (Fsp3) is 0.227. The topological polar surface area (TPSA) is 28.9 Å². The first-order chi connectivity index (χ1) is 12.2. The number of aromatic nitrogens is 2. The second-order valence-electron chi connectivity index (χ2n) is 6.86. The van der Waals surface area contributed by atoms with E-state index in [1.165, 1.54) is 10.9 Å². The van der Waals surface area contributed by atoms with Crippen LogP contribution < -0.4 is 9.30 Å². The van der Waals surface area contributed by atoms with Crippen LogP contribution >= 0.6 is 0 Å². The molecule has 25 heavy (non-hydrogen) atoms. The number of ether oxygens (including phenoxy) is 1. The number of imidazole rings is 1. The van der Waals surface area contributed by atoms with Gasteiger partial charge in [-0.15, -0.1) is 0 Å². The Morgan fingerprint density at radius 3 is 2.56 bits per heavy atom. The molecule has 0 atom stereocenters. The zero-order chi connectivity index (χ0) is 17.2. The van der Waals surface area contributed by atoms with Crippen molar-refractivity contribution in [2.24, 2.45) is 5.92 Å². The van der Waals surface area contributed by atoms with Crippen molar-refractivity contribution in [1.82, 2.24) is 4.98 Å². The smallest absolute Gasteiger partial charge is 0.293 e. The van der Waals surface area contributed by atoms with Gasteiger partial charge in [0.2, 0.25) is 0 Å². The van der Waals surface area contributed by atoms with Crippen molar-refractivity contribution in [2.45, 2.75) is 27.0 Å². The molecule has 0 amide bonds. The van der Waals surface area contributed by atoms with Gasteiger partial charge in [-0.3, -0.25) is 0 Å². The average molecular weight is 331 g/mol. The zero-order valence-electron chi connectivity index (χ0n) is 14.7. The van der Waals surface area contributed by atoms with Crippen LogP contribution in [0.15, 0.2) is 66.7 Å². The maximum Gasteiger partial charge on any atom is 0.293 e. The molecule has 4 aromatic rings. The molecule has 0 saturated heterocycles. The molecule has 4 rings (SSSR count). The molecule has 0 radical (unpaired) electrons. The molecular weight excluding hydrogens is 308 g/mol. The van der Waals surface area contributed by atoms with Crippen molar-refractivity contribution < 1.29 is 9.30 Å². The molecule has 1 N–H and O–H groups in total. The Labute approximate surface area is 147 Å². The van der Waals surface area contributed by atoms with Gasteiger partial charge in [-0.1, -0.05) is 62.4 Å². The number of fused-ring (bicyclic) bond motifs is 2. The second kappa shape index (κ2) is 6.60. The van der Waals surface area contributed by atoms with E-state index >= 15 is 0 Å². The van der Waals surface area contributed by atoms with Crippen molar-refractivity contribution in [3.8, 4) is 5.75 Å². The molecule has 3 heteroatoms. The highest BCUT2D eigenvalue weighted by Gasteiger charge is 2.19. The van der Waals surface area contributed by atoms with Crippen LogP contribution in [0.1, 0.15) is 19.7 Å². The lowest BCUT2D eigenvalue weighted by Gasteiger charge is -2.09. The largest absolute Gasteiger partial charge is 0.480 e. The molecule has 0 aliphatic rings. The lowest BCUT2D eigenvalue weighted by Crippen LogP contribution is -2.40. The van der Waals surface area contributed by atoms with Crippen molar-refractivity contribution in [3.05, 3.63) is 72.6 Å². The minimum Gasteiger partial charge on any atom is -0.480 e. The molecule has 126 valence electrons. The molecular formula is C22H23N2O+.